The van der Waals surface area contributed by atoms with E-state index in [9.17, 15) is 14.7 Å². The van der Waals surface area contributed by atoms with Gasteiger partial charge in [-0.25, -0.2) is 4.79 Å². The zero-order valence-corrected chi connectivity index (χ0v) is 12.4. The second-order valence-corrected chi connectivity index (χ2v) is 5.43. The van der Waals surface area contributed by atoms with Crippen LogP contribution in [0.25, 0.3) is 11.0 Å². The van der Waals surface area contributed by atoms with Crippen molar-refractivity contribution >= 4 is 16.9 Å². The molecule has 1 aromatic carbocycles. The quantitative estimate of drug-likeness (QED) is 0.826. The van der Waals surface area contributed by atoms with Crippen molar-refractivity contribution in [2.45, 2.75) is 39.3 Å². The summed E-state index contributed by atoms with van der Waals surface area (Å²) < 4.78 is 5.19. The second-order valence-electron chi connectivity index (χ2n) is 5.43. The molecule has 2 N–H and O–H groups in total. The minimum Gasteiger partial charge on any atom is -0.480 e. The molecule has 1 unspecified atom stereocenters. The molecule has 0 aliphatic carbocycles. The maximum atomic E-state index is 11.6. The monoisotopic (exact) mass is 289 g/mol. The van der Waals surface area contributed by atoms with Gasteiger partial charge in [-0.05, 0) is 37.5 Å². The summed E-state index contributed by atoms with van der Waals surface area (Å²) in [6.45, 7) is 5.65. The molecule has 1 heterocycles. The van der Waals surface area contributed by atoms with E-state index in [1.807, 2.05) is 26.0 Å². The molecular weight excluding hydrogens is 270 g/mol. The summed E-state index contributed by atoms with van der Waals surface area (Å²) in [6.07, 6.45) is 0.445. The van der Waals surface area contributed by atoms with Crippen molar-refractivity contribution in [1.29, 1.82) is 0 Å². The molecule has 0 saturated heterocycles. The van der Waals surface area contributed by atoms with Crippen LogP contribution in [-0.4, -0.2) is 16.6 Å². The average molecular weight is 289 g/mol. The van der Waals surface area contributed by atoms with Gasteiger partial charge in [0.1, 0.15) is 11.1 Å². The normalized spacial score (nSPS) is 14.0. The van der Waals surface area contributed by atoms with E-state index in [-0.39, 0.29) is 0 Å². The van der Waals surface area contributed by atoms with Gasteiger partial charge in [0, 0.05) is 18.0 Å². The molecule has 5 nitrogen and oxygen atoms in total. The van der Waals surface area contributed by atoms with Crippen molar-refractivity contribution in [2.75, 3.05) is 0 Å². The van der Waals surface area contributed by atoms with Crippen molar-refractivity contribution in [1.82, 2.24) is 5.32 Å². The minimum absolute atomic E-state index is 0.293. The molecule has 0 amide bonds. The van der Waals surface area contributed by atoms with Gasteiger partial charge in [0.25, 0.3) is 0 Å². The van der Waals surface area contributed by atoms with E-state index in [0.29, 0.717) is 18.5 Å². The highest BCUT2D eigenvalue weighted by atomic mass is 16.4. The van der Waals surface area contributed by atoms with Crippen LogP contribution in [0.15, 0.2) is 33.5 Å². The van der Waals surface area contributed by atoms with Crippen LogP contribution in [0.3, 0.4) is 0 Å². The summed E-state index contributed by atoms with van der Waals surface area (Å²) >= 11 is 0. The summed E-state index contributed by atoms with van der Waals surface area (Å²) in [5.74, 6) is -0.909. The van der Waals surface area contributed by atoms with Gasteiger partial charge in [0.05, 0.1) is 0 Å². The number of hydrogen-bond acceptors (Lipinski definition) is 4. The number of aryl methyl sites for hydroxylation is 1. The van der Waals surface area contributed by atoms with Crippen molar-refractivity contribution in [3.8, 4) is 0 Å². The Morgan fingerprint density at radius 1 is 1.38 bits per heavy atom. The Balaban J connectivity index is 2.39. The number of nitrogens with one attached hydrogen (secondary N) is 1. The smallest absolute Gasteiger partial charge is 0.336 e. The number of fused-ring (bicyclic) bond motifs is 1. The summed E-state index contributed by atoms with van der Waals surface area (Å²) in [4.78, 5) is 22.9. The van der Waals surface area contributed by atoms with Crippen LogP contribution in [0.4, 0.5) is 0 Å². The van der Waals surface area contributed by atoms with Crippen LogP contribution in [0.2, 0.25) is 0 Å². The molecule has 5 heteroatoms. The molecule has 1 atom stereocenters. The molecule has 2 aromatic rings. The highest BCUT2D eigenvalue weighted by Crippen LogP contribution is 2.19. The van der Waals surface area contributed by atoms with Crippen LogP contribution in [-0.2, 0) is 11.3 Å². The molecule has 21 heavy (non-hydrogen) atoms. The third-order valence-electron chi connectivity index (χ3n) is 3.83. The molecule has 0 saturated carbocycles. The number of rotatable bonds is 5. The second kappa shape index (κ2) is 5.69. The zero-order valence-electron chi connectivity index (χ0n) is 12.4. The van der Waals surface area contributed by atoms with Gasteiger partial charge in [0.2, 0.25) is 0 Å². The lowest BCUT2D eigenvalue weighted by atomic mass is 9.98. The minimum atomic E-state index is -1.02. The first kappa shape index (κ1) is 15.3. The number of carbonyl (C=O) groups is 1. The largest absolute Gasteiger partial charge is 0.480 e. The van der Waals surface area contributed by atoms with E-state index in [2.05, 4.69) is 5.32 Å². The Morgan fingerprint density at radius 2 is 2.10 bits per heavy atom. The van der Waals surface area contributed by atoms with Crippen LogP contribution < -0.4 is 10.9 Å². The number of hydrogen-bond donors (Lipinski definition) is 2. The van der Waals surface area contributed by atoms with Gasteiger partial charge in [0.15, 0.2) is 0 Å². The molecule has 0 radical (unpaired) electrons. The summed E-state index contributed by atoms with van der Waals surface area (Å²) in [7, 11) is 0. The maximum absolute atomic E-state index is 11.6. The fraction of sp³-hybridized carbons (Fsp3) is 0.375. The van der Waals surface area contributed by atoms with Crippen LogP contribution in [0.5, 0.6) is 0 Å². The number of carboxylic acid groups (broad SMARTS) is 1. The fourth-order valence-corrected chi connectivity index (χ4v) is 2.13. The fourth-order valence-electron chi connectivity index (χ4n) is 2.13. The van der Waals surface area contributed by atoms with E-state index in [1.54, 1.807) is 13.0 Å². The van der Waals surface area contributed by atoms with Crippen molar-refractivity contribution in [2.24, 2.45) is 0 Å². The first-order valence-electron chi connectivity index (χ1n) is 6.87. The lowest BCUT2D eigenvalue weighted by Crippen LogP contribution is -2.48. The Morgan fingerprint density at radius 3 is 2.71 bits per heavy atom. The first-order valence-corrected chi connectivity index (χ1v) is 6.87. The van der Waals surface area contributed by atoms with Crippen molar-refractivity contribution in [3.05, 3.63) is 45.8 Å². The molecular formula is C16H19NO4. The standard InChI is InChI=1S/C16H19NO4/c1-4-16(3,15(19)20)17-9-11-8-14(18)21-13-7-10(2)5-6-12(11)13/h5-8,17H,4,9H2,1-3H3,(H,19,20). The van der Waals surface area contributed by atoms with Crippen LogP contribution >= 0.6 is 0 Å². The van der Waals surface area contributed by atoms with Gasteiger partial charge in [-0.1, -0.05) is 19.1 Å². The third-order valence-corrected chi connectivity index (χ3v) is 3.83. The summed E-state index contributed by atoms with van der Waals surface area (Å²) in [5.41, 5.74) is 0.806. The Bertz CT molecular complexity index is 735. The van der Waals surface area contributed by atoms with E-state index in [4.69, 9.17) is 4.42 Å². The Hall–Kier alpha value is -2.14. The summed E-state index contributed by atoms with van der Waals surface area (Å²) in [6, 6.07) is 7.02. The van der Waals surface area contributed by atoms with Gasteiger partial charge in [-0.2, -0.15) is 0 Å². The van der Waals surface area contributed by atoms with E-state index < -0.39 is 17.1 Å². The van der Waals surface area contributed by atoms with Crippen LogP contribution in [0.1, 0.15) is 31.4 Å². The maximum Gasteiger partial charge on any atom is 0.336 e. The number of aliphatic carboxylic acids is 1. The Kier molecular flexibility index (Phi) is 4.14. The molecule has 2 rings (SSSR count). The Labute approximate surface area is 122 Å². The van der Waals surface area contributed by atoms with Crippen molar-refractivity contribution in [3.63, 3.8) is 0 Å². The summed E-state index contributed by atoms with van der Waals surface area (Å²) in [5, 5.41) is 13.1. The number of benzene rings is 1. The lowest BCUT2D eigenvalue weighted by molar-refractivity contribution is -0.144. The zero-order chi connectivity index (χ0) is 15.6. The predicted molar refractivity (Wildman–Crippen MR) is 80.4 cm³/mol. The van der Waals surface area contributed by atoms with E-state index in [1.165, 1.54) is 6.07 Å². The number of carboxylic acids is 1. The lowest BCUT2D eigenvalue weighted by Gasteiger charge is -2.24. The molecule has 0 aliphatic rings. The van der Waals surface area contributed by atoms with Crippen LogP contribution in [0, 0.1) is 6.92 Å². The first-order chi connectivity index (χ1) is 9.85. The molecule has 0 fully saturated rings. The highest BCUT2D eigenvalue weighted by Gasteiger charge is 2.30. The molecule has 0 bridgehead atoms. The van der Waals surface area contributed by atoms with Crippen molar-refractivity contribution < 1.29 is 14.3 Å². The van der Waals surface area contributed by atoms with E-state index in [0.717, 1.165) is 16.5 Å². The molecule has 112 valence electrons. The SMILES string of the molecule is CCC(C)(NCc1cc(=O)oc2cc(C)ccc12)C(=O)O. The van der Waals surface area contributed by atoms with Gasteiger partial charge < -0.3 is 9.52 Å². The third kappa shape index (κ3) is 3.13. The van der Waals surface area contributed by atoms with Gasteiger partial charge in [-0.3, -0.25) is 10.1 Å². The van der Waals surface area contributed by atoms with Gasteiger partial charge in [-0.15, -0.1) is 0 Å². The molecule has 0 spiro atoms. The highest BCUT2D eigenvalue weighted by molar-refractivity contribution is 5.81. The molecule has 0 aliphatic heterocycles. The van der Waals surface area contributed by atoms with E-state index >= 15 is 0 Å². The topological polar surface area (TPSA) is 79.5 Å². The predicted octanol–water partition coefficient (Wildman–Crippen LogP) is 2.44. The van der Waals surface area contributed by atoms with Gasteiger partial charge >= 0.3 is 11.6 Å². The molecule has 1 aromatic heterocycles. The average Bonchev–Trinajstić information content (AvgIpc) is 2.43.